The fourth-order valence-electron chi connectivity index (χ4n) is 1.98. The summed E-state index contributed by atoms with van der Waals surface area (Å²) < 4.78 is 11.3. The number of Topliss-reactive ketones (excluding diaryl/α,β-unsaturated/α-hetero) is 1. The zero-order valence-electron chi connectivity index (χ0n) is 11.7. The third kappa shape index (κ3) is 3.77. The second-order valence-corrected chi connectivity index (χ2v) is 5.69. The van der Waals surface area contributed by atoms with Crippen molar-refractivity contribution in [2.45, 2.75) is 6.42 Å². The van der Waals surface area contributed by atoms with E-state index >= 15 is 0 Å². The maximum Gasteiger partial charge on any atom is 0.171 e. The molecule has 0 spiro atoms. The summed E-state index contributed by atoms with van der Waals surface area (Å²) in [5.74, 6) is 1.16. The van der Waals surface area contributed by atoms with Crippen molar-refractivity contribution in [2.24, 2.45) is 0 Å². The van der Waals surface area contributed by atoms with Crippen molar-refractivity contribution in [1.29, 1.82) is 0 Å². The molecule has 0 unspecified atom stereocenters. The Kier molecular flexibility index (Phi) is 5.26. The maximum absolute atomic E-state index is 12.5. The van der Waals surface area contributed by atoms with Crippen LogP contribution in [-0.2, 0) is 6.42 Å². The minimum Gasteiger partial charge on any atom is -0.497 e. The minimum atomic E-state index is -0.0664. The first kappa shape index (κ1) is 15.9. The predicted octanol–water partition coefficient (Wildman–Crippen LogP) is 4.55. The van der Waals surface area contributed by atoms with Crippen LogP contribution in [0.2, 0.25) is 5.02 Å². The first-order chi connectivity index (χ1) is 10.0. The highest BCUT2D eigenvalue weighted by Gasteiger charge is 2.15. The lowest BCUT2D eigenvalue weighted by Gasteiger charge is -2.10. The SMILES string of the molecule is COc1ccc(Br)c(CC(=O)c2cc(Cl)ccc2OC)c1. The van der Waals surface area contributed by atoms with E-state index in [4.69, 9.17) is 21.1 Å². The third-order valence-corrected chi connectivity index (χ3v) is 4.07. The van der Waals surface area contributed by atoms with Crippen LogP contribution in [0.15, 0.2) is 40.9 Å². The molecule has 0 aromatic heterocycles. The number of carbonyl (C=O) groups excluding carboxylic acids is 1. The Bertz CT molecular complexity index is 671. The van der Waals surface area contributed by atoms with Gasteiger partial charge in [0, 0.05) is 15.9 Å². The molecule has 2 aromatic rings. The standard InChI is InChI=1S/C16H14BrClO3/c1-20-12-4-5-14(17)10(7-12)8-15(19)13-9-11(18)3-6-16(13)21-2/h3-7,9H,8H2,1-2H3. The van der Waals surface area contributed by atoms with Crippen LogP contribution >= 0.6 is 27.5 Å². The molecule has 110 valence electrons. The lowest BCUT2D eigenvalue weighted by molar-refractivity contribution is 0.0990. The van der Waals surface area contributed by atoms with Crippen molar-refractivity contribution >= 4 is 33.3 Å². The summed E-state index contributed by atoms with van der Waals surface area (Å²) in [7, 11) is 3.12. The van der Waals surface area contributed by atoms with Crippen molar-refractivity contribution < 1.29 is 14.3 Å². The van der Waals surface area contributed by atoms with E-state index in [9.17, 15) is 4.79 Å². The van der Waals surface area contributed by atoms with Gasteiger partial charge < -0.3 is 9.47 Å². The molecule has 0 aliphatic rings. The van der Waals surface area contributed by atoms with Gasteiger partial charge in [-0.05, 0) is 42.0 Å². The van der Waals surface area contributed by atoms with Gasteiger partial charge in [0.2, 0.25) is 0 Å². The van der Waals surface area contributed by atoms with Crippen LogP contribution in [-0.4, -0.2) is 20.0 Å². The molecule has 0 saturated carbocycles. The van der Waals surface area contributed by atoms with Gasteiger partial charge >= 0.3 is 0 Å². The van der Waals surface area contributed by atoms with Crippen LogP contribution in [0.25, 0.3) is 0 Å². The van der Waals surface area contributed by atoms with E-state index in [1.807, 2.05) is 18.2 Å². The van der Waals surface area contributed by atoms with Crippen molar-refractivity contribution in [1.82, 2.24) is 0 Å². The molecule has 0 amide bonds. The first-order valence-electron chi connectivity index (χ1n) is 6.24. The molecule has 0 atom stereocenters. The van der Waals surface area contributed by atoms with E-state index in [1.54, 1.807) is 25.3 Å². The molecule has 3 nitrogen and oxygen atoms in total. The van der Waals surface area contributed by atoms with Gasteiger partial charge in [-0.25, -0.2) is 0 Å². The number of hydrogen-bond acceptors (Lipinski definition) is 3. The zero-order chi connectivity index (χ0) is 15.4. The van der Waals surface area contributed by atoms with E-state index in [2.05, 4.69) is 15.9 Å². The van der Waals surface area contributed by atoms with Gasteiger partial charge in [0.1, 0.15) is 11.5 Å². The van der Waals surface area contributed by atoms with Crippen LogP contribution in [0.1, 0.15) is 15.9 Å². The molecule has 0 saturated heterocycles. The van der Waals surface area contributed by atoms with Crippen molar-refractivity contribution in [3.63, 3.8) is 0 Å². The molecule has 5 heteroatoms. The van der Waals surface area contributed by atoms with Gasteiger partial charge in [0.25, 0.3) is 0 Å². The molecule has 0 N–H and O–H groups in total. The van der Waals surface area contributed by atoms with E-state index in [0.717, 1.165) is 10.0 Å². The van der Waals surface area contributed by atoms with E-state index in [1.165, 1.54) is 7.11 Å². The Morgan fingerprint density at radius 2 is 1.90 bits per heavy atom. The average Bonchev–Trinajstić information content (AvgIpc) is 2.49. The molecule has 0 fully saturated rings. The predicted molar refractivity (Wildman–Crippen MR) is 86.7 cm³/mol. The normalized spacial score (nSPS) is 10.3. The minimum absolute atomic E-state index is 0.0664. The molecular formula is C16H14BrClO3. The van der Waals surface area contributed by atoms with E-state index < -0.39 is 0 Å². The van der Waals surface area contributed by atoms with E-state index in [0.29, 0.717) is 22.1 Å². The highest BCUT2D eigenvalue weighted by atomic mass is 79.9. The molecule has 0 radical (unpaired) electrons. The number of rotatable bonds is 5. The maximum atomic E-state index is 12.5. The number of ether oxygens (including phenoxy) is 2. The molecule has 21 heavy (non-hydrogen) atoms. The Balaban J connectivity index is 2.32. The molecule has 0 bridgehead atoms. The van der Waals surface area contributed by atoms with Crippen LogP contribution in [0, 0.1) is 0 Å². The zero-order valence-corrected chi connectivity index (χ0v) is 14.0. The molecule has 2 rings (SSSR count). The lowest BCUT2D eigenvalue weighted by Crippen LogP contribution is -2.06. The number of benzene rings is 2. The van der Waals surface area contributed by atoms with Gasteiger partial charge in [-0.15, -0.1) is 0 Å². The average molecular weight is 370 g/mol. The monoisotopic (exact) mass is 368 g/mol. The summed E-state index contributed by atoms with van der Waals surface area (Å²) in [5, 5.41) is 0.504. The summed E-state index contributed by atoms with van der Waals surface area (Å²) in [6.45, 7) is 0. The molecule has 2 aromatic carbocycles. The van der Waals surface area contributed by atoms with Gasteiger partial charge in [-0.2, -0.15) is 0 Å². The molecule has 0 aliphatic heterocycles. The number of ketones is 1. The summed E-state index contributed by atoms with van der Waals surface area (Å²) in [5.41, 5.74) is 1.32. The fourth-order valence-corrected chi connectivity index (χ4v) is 2.54. The Labute approximate surface area is 137 Å². The number of halogens is 2. The Morgan fingerprint density at radius 1 is 1.14 bits per heavy atom. The van der Waals surface area contributed by atoms with Gasteiger partial charge in [0.15, 0.2) is 5.78 Å². The highest BCUT2D eigenvalue weighted by Crippen LogP contribution is 2.27. The Hall–Kier alpha value is -1.52. The second-order valence-electron chi connectivity index (χ2n) is 4.40. The smallest absolute Gasteiger partial charge is 0.171 e. The van der Waals surface area contributed by atoms with Crippen molar-refractivity contribution in [3.8, 4) is 11.5 Å². The summed E-state index contributed by atoms with van der Waals surface area (Å²) in [4.78, 5) is 12.5. The number of methoxy groups -OCH3 is 2. The third-order valence-electron chi connectivity index (χ3n) is 3.07. The van der Waals surface area contributed by atoms with Gasteiger partial charge in [-0.3, -0.25) is 4.79 Å². The quantitative estimate of drug-likeness (QED) is 0.726. The summed E-state index contributed by atoms with van der Waals surface area (Å²) in [6.07, 6.45) is 0.231. The second kappa shape index (κ2) is 6.96. The lowest BCUT2D eigenvalue weighted by atomic mass is 10.0. The fraction of sp³-hybridized carbons (Fsp3) is 0.188. The van der Waals surface area contributed by atoms with Crippen LogP contribution < -0.4 is 9.47 Å². The first-order valence-corrected chi connectivity index (χ1v) is 7.41. The topological polar surface area (TPSA) is 35.5 Å². The van der Waals surface area contributed by atoms with Crippen LogP contribution in [0.5, 0.6) is 11.5 Å². The summed E-state index contributed by atoms with van der Waals surface area (Å²) in [6, 6.07) is 10.5. The van der Waals surface area contributed by atoms with Crippen LogP contribution in [0.3, 0.4) is 0 Å². The highest BCUT2D eigenvalue weighted by molar-refractivity contribution is 9.10. The van der Waals surface area contributed by atoms with Crippen molar-refractivity contribution in [3.05, 3.63) is 57.0 Å². The summed E-state index contributed by atoms with van der Waals surface area (Å²) >= 11 is 9.41. The Morgan fingerprint density at radius 3 is 2.57 bits per heavy atom. The van der Waals surface area contributed by atoms with Crippen molar-refractivity contribution in [2.75, 3.05) is 14.2 Å². The molecule has 0 aliphatic carbocycles. The largest absolute Gasteiger partial charge is 0.497 e. The number of carbonyl (C=O) groups is 1. The molecular weight excluding hydrogens is 356 g/mol. The van der Waals surface area contributed by atoms with Gasteiger partial charge in [0.05, 0.1) is 19.8 Å². The van der Waals surface area contributed by atoms with Crippen LogP contribution in [0.4, 0.5) is 0 Å². The molecule has 0 heterocycles. The van der Waals surface area contributed by atoms with E-state index in [-0.39, 0.29) is 12.2 Å². The number of hydrogen-bond donors (Lipinski definition) is 0. The van der Waals surface area contributed by atoms with Gasteiger partial charge in [-0.1, -0.05) is 27.5 Å².